The monoisotopic (exact) mass is 569 g/mol. The first-order valence-corrected chi connectivity index (χ1v) is 13.5. The van der Waals surface area contributed by atoms with E-state index in [1.807, 2.05) is 0 Å². The quantitative estimate of drug-likeness (QED) is 0.467. The first-order chi connectivity index (χ1) is 16.3. The van der Waals surface area contributed by atoms with Gasteiger partial charge in [0.05, 0.1) is 27.9 Å². The van der Waals surface area contributed by atoms with Crippen LogP contribution in [0.5, 0.6) is 0 Å². The standard InChI is InChI=1S/C19H16Cl2F3N5O4S2/c20-14-1-3-15(4-2-14)34(30,31)27-5-7-28(8-6-27)35(32,33)16-11-26-29(12-16)18-17(21)9-13(10-25-18)19(22,23)24/h1-4,9-12H,5-8H2. The fourth-order valence-corrected chi connectivity index (χ4v) is 6.52. The summed E-state index contributed by atoms with van der Waals surface area (Å²) in [6.45, 7) is -0.380. The van der Waals surface area contributed by atoms with Crippen LogP contribution >= 0.6 is 23.2 Å². The van der Waals surface area contributed by atoms with Gasteiger partial charge in [-0.1, -0.05) is 23.2 Å². The highest BCUT2D eigenvalue weighted by Gasteiger charge is 2.35. The van der Waals surface area contributed by atoms with E-state index in [0.29, 0.717) is 17.3 Å². The molecular weight excluding hydrogens is 554 g/mol. The molecule has 0 radical (unpaired) electrons. The summed E-state index contributed by atoms with van der Waals surface area (Å²) in [4.78, 5) is 3.45. The molecule has 16 heteroatoms. The van der Waals surface area contributed by atoms with Crippen molar-refractivity contribution in [2.75, 3.05) is 26.2 Å². The summed E-state index contributed by atoms with van der Waals surface area (Å²) in [6.07, 6.45) is -1.98. The molecule has 0 bridgehead atoms. The molecule has 0 amide bonds. The molecule has 1 aromatic carbocycles. The minimum Gasteiger partial charge on any atom is -0.235 e. The second-order valence-corrected chi connectivity index (χ2v) is 12.1. The summed E-state index contributed by atoms with van der Waals surface area (Å²) in [6, 6.07) is 6.31. The van der Waals surface area contributed by atoms with E-state index in [0.717, 1.165) is 21.4 Å². The van der Waals surface area contributed by atoms with Crippen molar-refractivity contribution in [3.05, 3.63) is 64.5 Å². The number of sulfonamides is 2. The highest BCUT2D eigenvalue weighted by Crippen LogP contribution is 2.32. The van der Waals surface area contributed by atoms with Gasteiger partial charge in [0.2, 0.25) is 20.0 Å². The topological polar surface area (TPSA) is 105 Å². The van der Waals surface area contributed by atoms with Crippen molar-refractivity contribution >= 4 is 43.2 Å². The zero-order chi connectivity index (χ0) is 25.6. The van der Waals surface area contributed by atoms with Gasteiger partial charge in [-0.15, -0.1) is 0 Å². The molecule has 0 N–H and O–H groups in total. The molecule has 35 heavy (non-hydrogen) atoms. The van der Waals surface area contributed by atoms with Gasteiger partial charge in [-0.05, 0) is 30.3 Å². The van der Waals surface area contributed by atoms with E-state index < -0.39 is 31.8 Å². The Labute approximate surface area is 208 Å². The Kier molecular flexibility index (Phi) is 6.89. The van der Waals surface area contributed by atoms with Gasteiger partial charge in [-0.2, -0.15) is 26.9 Å². The summed E-state index contributed by atoms with van der Waals surface area (Å²) < 4.78 is 93.5. The van der Waals surface area contributed by atoms with E-state index in [4.69, 9.17) is 23.2 Å². The highest BCUT2D eigenvalue weighted by molar-refractivity contribution is 7.89. The maximum atomic E-state index is 13.1. The number of rotatable bonds is 5. The number of hydrogen-bond donors (Lipinski definition) is 0. The molecule has 2 aromatic heterocycles. The van der Waals surface area contributed by atoms with E-state index >= 15 is 0 Å². The van der Waals surface area contributed by atoms with Crippen LogP contribution in [0.25, 0.3) is 5.82 Å². The molecule has 9 nitrogen and oxygen atoms in total. The Hall–Kier alpha value is -2.23. The Morgan fingerprint density at radius 1 is 0.829 bits per heavy atom. The molecule has 1 fully saturated rings. The van der Waals surface area contributed by atoms with Crippen LogP contribution < -0.4 is 0 Å². The van der Waals surface area contributed by atoms with Gasteiger partial charge in [0.25, 0.3) is 0 Å². The Balaban J connectivity index is 1.50. The molecule has 1 saturated heterocycles. The molecule has 1 aliphatic heterocycles. The van der Waals surface area contributed by atoms with E-state index in [1.54, 1.807) is 0 Å². The molecule has 188 valence electrons. The minimum absolute atomic E-state index is 0.0420. The maximum Gasteiger partial charge on any atom is 0.417 e. The number of hydrogen-bond acceptors (Lipinski definition) is 6. The van der Waals surface area contributed by atoms with Gasteiger partial charge >= 0.3 is 6.18 Å². The van der Waals surface area contributed by atoms with Gasteiger partial charge in [0, 0.05) is 37.4 Å². The third kappa shape index (κ3) is 5.17. The Morgan fingerprint density at radius 3 is 1.89 bits per heavy atom. The second-order valence-electron chi connectivity index (χ2n) is 7.41. The first-order valence-electron chi connectivity index (χ1n) is 9.84. The van der Waals surface area contributed by atoms with Gasteiger partial charge in [-0.25, -0.2) is 26.5 Å². The molecule has 0 aliphatic carbocycles. The number of halogens is 5. The molecular formula is C19H16Cl2F3N5O4S2. The third-order valence-electron chi connectivity index (χ3n) is 5.21. The summed E-state index contributed by atoms with van der Waals surface area (Å²) in [5.41, 5.74) is -1.06. The van der Waals surface area contributed by atoms with Gasteiger partial charge in [-0.3, -0.25) is 0 Å². The van der Waals surface area contributed by atoms with Crippen molar-refractivity contribution in [1.82, 2.24) is 23.4 Å². The van der Waals surface area contributed by atoms with Crippen LogP contribution in [0.3, 0.4) is 0 Å². The number of alkyl halides is 3. The largest absolute Gasteiger partial charge is 0.417 e. The Bertz CT molecular complexity index is 1450. The fourth-order valence-electron chi connectivity index (χ4n) is 3.36. The minimum atomic E-state index is -4.64. The van der Waals surface area contributed by atoms with Crippen LogP contribution in [0.2, 0.25) is 10.0 Å². The normalized spacial score (nSPS) is 16.5. The summed E-state index contributed by atoms with van der Waals surface area (Å²) in [7, 11) is -7.90. The molecule has 4 rings (SSSR count). The lowest BCUT2D eigenvalue weighted by molar-refractivity contribution is -0.137. The average molecular weight is 570 g/mol. The lowest BCUT2D eigenvalue weighted by atomic mass is 10.3. The maximum absolute atomic E-state index is 13.1. The van der Waals surface area contributed by atoms with Crippen LogP contribution in [0, 0.1) is 0 Å². The predicted molar refractivity (Wildman–Crippen MR) is 120 cm³/mol. The fraction of sp³-hybridized carbons (Fsp3) is 0.263. The van der Waals surface area contributed by atoms with Gasteiger partial charge < -0.3 is 0 Å². The number of piperazine rings is 1. The molecule has 0 unspecified atom stereocenters. The molecule has 0 saturated carbocycles. The van der Waals surface area contributed by atoms with E-state index in [1.165, 1.54) is 28.6 Å². The number of aromatic nitrogens is 3. The molecule has 0 atom stereocenters. The molecule has 3 heterocycles. The van der Waals surface area contributed by atoms with Crippen LogP contribution in [0.4, 0.5) is 13.2 Å². The number of pyridine rings is 1. The van der Waals surface area contributed by atoms with Crippen LogP contribution in [0.1, 0.15) is 5.56 Å². The lowest BCUT2D eigenvalue weighted by Crippen LogP contribution is -2.50. The predicted octanol–water partition coefficient (Wildman–Crippen LogP) is 3.29. The number of nitrogens with zero attached hydrogens (tertiary/aromatic N) is 5. The summed E-state index contributed by atoms with van der Waals surface area (Å²) in [5.74, 6) is -0.181. The molecule has 1 aliphatic rings. The van der Waals surface area contributed by atoms with E-state index in [-0.39, 0.29) is 46.8 Å². The van der Waals surface area contributed by atoms with Crippen molar-refractivity contribution < 1.29 is 30.0 Å². The third-order valence-corrected chi connectivity index (χ3v) is 9.51. The van der Waals surface area contributed by atoms with Crippen LogP contribution in [-0.2, 0) is 26.2 Å². The summed E-state index contributed by atoms with van der Waals surface area (Å²) in [5, 5.41) is 3.88. The summed E-state index contributed by atoms with van der Waals surface area (Å²) >= 11 is 11.7. The second kappa shape index (κ2) is 9.33. The lowest BCUT2D eigenvalue weighted by Gasteiger charge is -2.33. The SMILES string of the molecule is O=S(=O)(c1ccc(Cl)cc1)N1CCN(S(=O)(=O)c2cnn(-c3ncc(C(F)(F)F)cc3Cl)c2)CC1. The molecule has 0 spiro atoms. The van der Waals surface area contributed by atoms with Crippen LogP contribution in [-0.4, -0.2) is 66.4 Å². The van der Waals surface area contributed by atoms with E-state index in [2.05, 4.69) is 10.1 Å². The smallest absolute Gasteiger partial charge is 0.235 e. The first kappa shape index (κ1) is 25.9. The zero-order valence-corrected chi connectivity index (χ0v) is 20.7. The van der Waals surface area contributed by atoms with Crippen molar-refractivity contribution in [2.24, 2.45) is 0 Å². The van der Waals surface area contributed by atoms with Crippen molar-refractivity contribution in [1.29, 1.82) is 0 Å². The highest BCUT2D eigenvalue weighted by atomic mass is 35.5. The van der Waals surface area contributed by atoms with Crippen molar-refractivity contribution in [3.63, 3.8) is 0 Å². The van der Waals surface area contributed by atoms with Crippen molar-refractivity contribution in [3.8, 4) is 5.82 Å². The number of benzene rings is 1. The van der Waals surface area contributed by atoms with Gasteiger partial charge in [0.1, 0.15) is 4.90 Å². The Morgan fingerprint density at radius 2 is 1.37 bits per heavy atom. The van der Waals surface area contributed by atoms with Gasteiger partial charge in [0.15, 0.2) is 5.82 Å². The average Bonchev–Trinajstić information content (AvgIpc) is 3.30. The molecule has 3 aromatic rings. The van der Waals surface area contributed by atoms with E-state index in [9.17, 15) is 30.0 Å². The van der Waals surface area contributed by atoms with Crippen molar-refractivity contribution in [2.45, 2.75) is 16.0 Å². The zero-order valence-electron chi connectivity index (χ0n) is 17.5. The van der Waals surface area contributed by atoms with Crippen LogP contribution in [0.15, 0.2) is 58.7 Å².